The summed E-state index contributed by atoms with van der Waals surface area (Å²) in [6, 6.07) is 0. The summed E-state index contributed by atoms with van der Waals surface area (Å²) in [6.07, 6.45) is 13.9. The van der Waals surface area contributed by atoms with Crippen LogP contribution in [0.25, 0.3) is 0 Å². The molecule has 34 heavy (non-hydrogen) atoms. The van der Waals surface area contributed by atoms with Crippen LogP contribution in [0.3, 0.4) is 0 Å². The normalized spacial score (nSPS) is 27.4. The van der Waals surface area contributed by atoms with Crippen molar-refractivity contribution >= 4 is 5.78 Å². The van der Waals surface area contributed by atoms with Crippen LogP contribution in [0.15, 0.2) is 22.5 Å². The molecule has 0 aromatic rings. The fourth-order valence-electron chi connectivity index (χ4n) is 6.12. The van der Waals surface area contributed by atoms with Crippen molar-refractivity contribution in [2.45, 2.75) is 145 Å². The molecule has 0 saturated heterocycles. The second-order valence-corrected chi connectivity index (χ2v) is 13.2. The van der Waals surface area contributed by atoms with Crippen LogP contribution in [0, 0.1) is 29.1 Å². The molecule has 2 nitrogen and oxygen atoms in total. The number of carbonyl (C=O) groups is 1. The summed E-state index contributed by atoms with van der Waals surface area (Å²) in [4.78, 5) is 13.2. The van der Waals surface area contributed by atoms with E-state index in [2.05, 4.69) is 62.3 Å². The first-order valence-electron chi connectivity index (χ1n) is 14.5. The van der Waals surface area contributed by atoms with Crippen molar-refractivity contribution in [2.24, 2.45) is 29.1 Å². The molecule has 0 spiro atoms. The van der Waals surface area contributed by atoms with Crippen molar-refractivity contribution in [1.82, 2.24) is 0 Å². The van der Waals surface area contributed by atoms with E-state index in [9.17, 15) is 4.79 Å². The molecule has 0 saturated carbocycles. The molecule has 196 valence electrons. The Bertz CT molecular complexity index is 755. The van der Waals surface area contributed by atoms with Crippen LogP contribution < -0.4 is 0 Å². The van der Waals surface area contributed by atoms with Crippen LogP contribution in [0.4, 0.5) is 0 Å². The first-order chi connectivity index (χ1) is 15.8. The van der Waals surface area contributed by atoms with E-state index in [1.54, 1.807) is 0 Å². The number of ketones is 1. The van der Waals surface area contributed by atoms with Crippen molar-refractivity contribution in [3.05, 3.63) is 22.5 Å². The molecule has 2 heteroatoms. The highest BCUT2D eigenvalue weighted by molar-refractivity contribution is 6.04. The Morgan fingerprint density at radius 3 is 1.85 bits per heavy atom. The highest BCUT2D eigenvalue weighted by Gasteiger charge is 2.49. The minimum Gasteiger partial charge on any atom is -0.487 e. The Labute approximate surface area is 212 Å². The molecular weight excluding hydrogens is 416 g/mol. The van der Waals surface area contributed by atoms with Gasteiger partial charge in [-0.25, -0.2) is 0 Å². The minimum atomic E-state index is -0.416. The van der Waals surface area contributed by atoms with Crippen LogP contribution in [-0.2, 0) is 9.53 Å². The topological polar surface area (TPSA) is 26.3 Å². The third-order valence-corrected chi connectivity index (χ3v) is 9.30. The third kappa shape index (κ3) is 7.01. The van der Waals surface area contributed by atoms with E-state index in [0.717, 1.165) is 53.9 Å². The second-order valence-electron chi connectivity index (χ2n) is 13.2. The largest absolute Gasteiger partial charge is 0.487 e. The molecule has 2 rings (SSSR count). The quantitative estimate of drug-likeness (QED) is 0.266. The smallest absolute Gasteiger partial charge is 0.169 e. The van der Waals surface area contributed by atoms with Crippen LogP contribution in [-0.4, -0.2) is 11.4 Å². The third-order valence-electron chi connectivity index (χ3n) is 9.30. The monoisotopic (exact) mass is 472 g/mol. The first kappa shape index (κ1) is 29.2. The molecule has 0 amide bonds. The minimum absolute atomic E-state index is 0.108. The van der Waals surface area contributed by atoms with E-state index in [1.165, 1.54) is 56.9 Å². The summed E-state index contributed by atoms with van der Waals surface area (Å²) < 4.78 is 6.77. The van der Waals surface area contributed by atoms with Gasteiger partial charge in [-0.05, 0) is 93.8 Å². The Kier molecular flexibility index (Phi) is 10.5. The molecule has 0 bridgehead atoms. The molecule has 0 aromatic heterocycles. The Morgan fingerprint density at radius 2 is 1.32 bits per heavy atom. The highest BCUT2D eigenvalue weighted by atomic mass is 16.5. The van der Waals surface area contributed by atoms with Gasteiger partial charge in [0.05, 0.1) is 5.41 Å². The maximum atomic E-state index is 13.2. The number of ether oxygens (including phenoxy) is 1. The average Bonchev–Trinajstić information content (AvgIpc) is 2.75. The van der Waals surface area contributed by atoms with Gasteiger partial charge in [-0.3, -0.25) is 4.79 Å². The Morgan fingerprint density at radius 1 is 0.794 bits per heavy atom. The maximum absolute atomic E-state index is 13.2. The van der Waals surface area contributed by atoms with Crippen molar-refractivity contribution in [2.75, 3.05) is 0 Å². The fraction of sp³-hybridized carbons (Fsp3) is 0.844. The van der Waals surface area contributed by atoms with Gasteiger partial charge >= 0.3 is 0 Å². The first-order valence-corrected chi connectivity index (χ1v) is 14.5. The summed E-state index contributed by atoms with van der Waals surface area (Å²) in [5.74, 6) is 4.14. The van der Waals surface area contributed by atoms with Gasteiger partial charge in [0.15, 0.2) is 5.78 Å². The molecule has 4 atom stereocenters. The summed E-state index contributed by atoms with van der Waals surface area (Å²) in [6.45, 7) is 22.4. The van der Waals surface area contributed by atoms with Crippen molar-refractivity contribution < 1.29 is 9.53 Å². The summed E-state index contributed by atoms with van der Waals surface area (Å²) >= 11 is 0. The van der Waals surface area contributed by atoms with E-state index >= 15 is 0 Å². The number of hydrogen-bond donors (Lipinski definition) is 0. The molecule has 0 aromatic carbocycles. The lowest BCUT2D eigenvalue weighted by atomic mass is 9.62. The van der Waals surface area contributed by atoms with Crippen molar-refractivity contribution in [1.29, 1.82) is 0 Å². The molecule has 0 radical (unpaired) electrons. The van der Waals surface area contributed by atoms with Gasteiger partial charge in [0, 0.05) is 0 Å². The number of hydrogen-bond acceptors (Lipinski definition) is 2. The molecule has 1 aliphatic heterocycles. The molecule has 1 unspecified atom stereocenters. The summed E-state index contributed by atoms with van der Waals surface area (Å²) in [5.41, 5.74) is 2.69. The predicted molar refractivity (Wildman–Crippen MR) is 147 cm³/mol. The van der Waals surface area contributed by atoms with Crippen LogP contribution >= 0.6 is 0 Å². The van der Waals surface area contributed by atoms with Gasteiger partial charge in [0.25, 0.3) is 0 Å². The van der Waals surface area contributed by atoms with E-state index in [0.29, 0.717) is 5.78 Å². The summed E-state index contributed by atoms with van der Waals surface area (Å²) in [5, 5.41) is 0. The van der Waals surface area contributed by atoms with Crippen LogP contribution in [0.5, 0.6) is 0 Å². The molecule has 0 fully saturated rings. The average molecular weight is 473 g/mol. The van der Waals surface area contributed by atoms with Crippen molar-refractivity contribution in [3.8, 4) is 0 Å². The zero-order valence-electron chi connectivity index (χ0n) is 24.4. The molecule has 2 aliphatic rings. The molecule has 1 heterocycles. The lowest BCUT2D eigenvalue weighted by molar-refractivity contribution is -0.126. The number of Topliss-reactive ketones (excluding diaryl/α,β-unsaturated/α-hetero) is 1. The lowest BCUT2D eigenvalue weighted by Crippen LogP contribution is -2.44. The SMILES string of the molecule is CC1=C(C)C2=C(CC[C@@](C)(CCC[C@H](C)CCC[C@H](C)CCCC(C)C)O2)C(C)(C(C)C)C1=O. The van der Waals surface area contributed by atoms with Crippen molar-refractivity contribution in [3.63, 3.8) is 0 Å². The number of rotatable bonds is 13. The number of allylic oxidation sites excluding steroid dienone is 3. The van der Waals surface area contributed by atoms with Gasteiger partial charge < -0.3 is 4.74 Å². The molecule has 0 N–H and O–H groups in total. The van der Waals surface area contributed by atoms with Gasteiger partial charge in [-0.2, -0.15) is 0 Å². The highest BCUT2D eigenvalue weighted by Crippen LogP contribution is 2.52. The zero-order chi connectivity index (χ0) is 25.7. The fourth-order valence-corrected chi connectivity index (χ4v) is 6.12. The van der Waals surface area contributed by atoms with E-state index in [1.807, 2.05) is 6.92 Å². The Balaban J connectivity index is 1.84. The second kappa shape index (κ2) is 12.3. The van der Waals surface area contributed by atoms with Gasteiger partial charge in [-0.15, -0.1) is 0 Å². The molecule has 1 aliphatic carbocycles. The standard InChI is InChI=1S/C32H56O2/c1-22(2)14-11-15-24(5)16-12-17-25(6)18-13-20-31(9)21-19-28-29(34-31)26(7)27(8)30(33)32(28,10)23(3)4/h22-25H,11-21H2,1-10H3/t24-,25-,31-,32?/m1/s1. The van der Waals surface area contributed by atoms with Gasteiger partial charge in [-0.1, -0.05) is 86.5 Å². The van der Waals surface area contributed by atoms with Gasteiger partial charge in [0.1, 0.15) is 11.4 Å². The lowest BCUT2D eigenvalue weighted by Gasteiger charge is -2.47. The zero-order valence-corrected chi connectivity index (χ0v) is 24.4. The van der Waals surface area contributed by atoms with Crippen LogP contribution in [0.2, 0.25) is 0 Å². The number of carbonyl (C=O) groups excluding carboxylic acids is 1. The van der Waals surface area contributed by atoms with E-state index in [4.69, 9.17) is 4.74 Å². The van der Waals surface area contributed by atoms with Gasteiger partial charge in [0.2, 0.25) is 0 Å². The summed E-state index contributed by atoms with van der Waals surface area (Å²) in [7, 11) is 0. The maximum Gasteiger partial charge on any atom is 0.169 e. The van der Waals surface area contributed by atoms with Crippen LogP contribution in [0.1, 0.15) is 140 Å². The predicted octanol–water partition coefficient (Wildman–Crippen LogP) is 9.83. The van der Waals surface area contributed by atoms with E-state index < -0.39 is 5.41 Å². The Hall–Kier alpha value is -1.05. The van der Waals surface area contributed by atoms with E-state index in [-0.39, 0.29) is 11.5 Å². The molecular formula is C32H56O2.